The van der Waals surface area contributed by atoms with E-state index in [9.17, 15) is 9.59 Å². The van der Waals surface area contributed by atoms with E-state index in [0.717, 1.165) is 0 Å². The largest absolute Gasteiger partial charge is 0.494 e. The number of carbonyl (C=O) groups is 2. The summed E-state index contributed by atoms with van der Waals surface area (Å²) in [6, 6.07) is 4.28. The lowest BCUT2D eigenvalue weighted by molar-refractivity contribution is -0.137. The van der Waals surface area contributed by atoms with Crippen LogP contribution in [0.25, 0.3) is 5.69 Å². The molecule has 0 spiro atoms. The molecule has 0 aliphatic heterocycles. The molecule has 0 aliphatic rings. The van der Waals surface area contributed by atoms with Gasteiger partial charge in [-0.1, -0.05) is 0 Å². The van der Waals surface area contributed by atoms with Crippen molar-refractivity contribution < 1.29 is 19.4 Å². The number of hydrogen-bond acceptors (Lipinski definition) is 6. The highest BCUT2D eigenvalue weighted by Crippen LogP contribution is 2.23. The van der Waals surface area contributed by atoms with Gasteiger partial charge in [-0.3, -0.25) is 9.59 Å². The van der Waals surface area contributed by atoms with Crippen molar-refractivity contribution in [2.24, 2.45) is 0 Å². The van der Waals surface area contributed by atoms with E-state index in [0.29, 0.717) is 17.0 Å². The number of methoxy groups -OCH3 is 1. The molecule has 2 aromatic rings. The Balaban J connectivity index is 2.23. The fraction of sp³-hybridized carbons (Fsp3) is 0.308. The van der Waals surface area contributed by atoms with Gasteiger partial charge < -0.3 is 15.2 Å². The van der Waals surface area contributed by atoms with Crippen molar-refractivity contribution in [1.82, 2.24) is 25.5 Å². The van der Waals surface area contributed by atoms with E-state index in [1.54, 1.807) is 25.1 Å². The minimum absolute atomic E-state index is 0.151. The average molecular weight is 305 g/mol. The molecule has 1 atom stereocenters. The maximum Gasteiger partial charge on any atom is 0.305 e. The number of amides is 1. The summed E-state index contributed by atoms with van der Waals surface area (Å²) in [5, 5.41) is 22.2. The first-order valence-corrected chi connectivity index (χ1v) is 6.45. The summed E-state index contributed by atoms with van der Waals surface area (Å²) in [7, 11) is 1.50. The highest BCUT2D eigenvalue weighted by atomic mass is 16.5. The fourth-order valence-corrected chi connectivity index (χ4v) is 1.90. The van der Waals surface area contributed by atoms with E-state index < -0.39 is 12.0 Å². The SMILES string of the molecule is COc1ccc(C(=O)NC(C)CC(=O)O)cc1-n1cnnn1. The maximum absolute atomic E-state index is 12.2. The second-order valence-corrected chi connectivity index (χ2v) is 4.61. The number of tetrazole rings is 1. The van der Waals surface area contributed by atoms with Crippen molar-refractivity contribution >= 4 is 11.9 Å². The third-order valence-corrected chi connectivity index (χ3v) is 2.90. The summed E-state index contributed by atoms with van der Waals surface area (Å²) in [6.45, 7) is 1.62. The summed E-state index contributed by atoms with van der Waals surface area (Å²) in [5.74, 6) is -0.856. The molecule has 0 radical (unpaired) electrons. The standard InChI is InChI=1S/C13H15N5O4/c1-8(5-12(19)20)15-13(21)9-3-4-11(22-2)10(6-9)18-7-14-16-17-18/h3-4,6-8H,5H2,1-2H3,(H,15,21)(H,19,20). The summed E-state index contributed by atoms with van der Waals surface area (Å²) >= 11 is 0. The van der Waals surface area contributed by atoms with E-state index in [1.165, 1.54) is 18.1 Å². The zero-order chi connectivity index (χ0) is 16.1. The van der Waals surface area contributed by atoms with Crippen molar-refractivity contribution in [3.8, 4) is 11.4 Å². The number of aromatic nitrogens is 4. The van der Waals surface area contributed by atoms with Crippen LogP contribution in [0.5, 0.6) is 5.75 Å². The van der Waals surface area contributed by atoms with Gasteiger partial charge in [-0.15, -0.1) is 5.10 Å². The molecule has 116 valence electrons. The molecule has 0 aliphatic carbocycles. The van der Waals surface area contributed by atoms with Crippen LogP contribution in [-0.4, -0.2) is 50.3 Å². The highest BCUT2D eigenvalue weighted by Gasteiger charge is 2.15. The van der Waals surface area contributed by atoms with Gasteiger partial charge >= 0.3 is 5.97 Å². The lowest BCUT2D eigenvalue weighted by Crippen LogP contribution is -2.34. The molecule has 2 N–H and O–H groups in total. The Bertz CT molecular complexity index is 671. The van der Waals surface area contributed by atoms with E-state index in [1.807, 2.05) is 0 Å². The zero-order valence-electron chi connectivity index (χ0n) is 12.1. The second kappa shape index (κ2) is 6.66. The predicted molar refractivity (Wildman–Crippen MR) is 74.9 cm³/mol. The Morgan fingerprint density at radius 1 is 1.45 bits per heavy atom. The van der Waals surface area contributed by atoms with E-state index in [4.69, 9.17) is 9.84 Å². The van der Waals surface area contributed by atoms with Gasteiger partial charge in [0.15, 0.2) is 0 Å². The number of carbonyl (C=O) groups excluding carboxylic acids is 1. The van der Waals surface area contributed by atoms with Crippen LogP contribution in [0.15, 0.2) is 24.5 Å². The molecule has 0 bridgehead atoms. The molecule has 1 heterocycles. The fourth-order valence-electron chi connectivity index (χ4n) is 1.90. The smallest absolute Gasteiger partial charge is 0.305 e. The first-order valence-electron chi connectivity index (χ1n) is 6.45. The Hall–Kier alpha value is -2.97. The number of rotatable bonds is 6. The van der Waals surface area contributed by atoms with E-state index in [2.05, 4.69) is 20.8 Å². The molecule has 0 saturated heterocycles. The monoisotopic (exact) mass is 305 g/mol. The first-order chi connectivity index (χ1) is 10.5. The zero-order valence-corrected chi connectivity index (χ0v) is 12.1. The van der Waals surface area contributed by atoms with Crippen molar-refractivity contribution in [3.63, 3.8) is 0 Å². The summed E-state index contributed by atoms with van der Waals surface area (Å²) in [5.41, 5.74) is 0.856. The molecule has 1 unspecified atom stereocenters. The number of aliphatic carboxylic acids is 1. The van der Waals surface area contributed by atoms with E-state index in [-0.39, 0.29) is 12.3 Å². The third-order valence-electron chi connectivity index (χ3n) is 2.90. The molecule has 1 amide bonds. The average Bonchev–Trinajstić information content (AvgIpc) is 2.99. The molecule has 22 heavy (non-hydrogen) atoms. The number of carboxylic acid groups (broad SMARTS) is 1. The lowest BCUT2D eigenvalue weighted by Gasteiger charge is -2.13. The lowest BCUT2D eigenvalue weighted by atomic mass is 10.1. The summed E-state index contributed by atoms with van der Waals surface area (Å²) in [4.78, 5) is 22.8. The van der Waals surface area contributed by atoms with Gasteiger partial charge in [0.2, 0.25) is 0 Å². The Morgan fingerprint density at radius 2 is 2.23 bits per heavy atom. The maximum atomic E-state index is 12.2. The Morgan fingerprint density at radius 3 is 2.82 bits per heavy atom. The molecule has 9 nitrogen and oxygen atoms in total. The molecule has 0 fully saturated rings. The summed E-state index contributed by atoms with van der Waals surface area (Å²) in [6.07, 6.45) is 1.23. The Labute approximate surface area is 125 Å². The van der Waals surface area contributed by atoms with Crippen LogP contribution in [0.2, 0.25) is 0 Å². The molecular weight excluding hydrogens is 290 g/mol. The summed E-state index contributed by atoms with van der Waals surface area (Å²) < 4.78 is 6.58. The normalized spacial score (nSPS) is 11.7. The van der Waals surface area contributed by atoms with Gasteiger partial charge in [-0.05, 0) is 35.5 Å². The van der Waals surface area contributed by atoms with Crippen LogP contribution in [-0.2, 0) is 4.79 Å². The second-order valence-electron chi connectivity index (χ2n) is 4.61. The first kappa shape index (κ1) is 15.4. The molecular formula is C13H15N5O4. The van der Waals surface area contributed by atoms with Crippen LogP contribution >= 0.6 is 0 Å². The number of carboxylic acids is 1. The molecule has 1 aromatic carbocycles. The number of ether oxygens (including phenoxy) is 1. The number of nitrogens with zero attached hydrogens (tertiary/aromatic N) is 4. The van der Waals surface area contributed by atoms with Gasteiger partial charge in [0, 0.05) is 11.6 Å². The van der Waals surface area contributed by atoms with Crippen molar-refractivity contribution in [3.05, 3.63) is 30.1 Å². The highest BCUT2D eigenvalue weighted by molar-refractivity contribution is 5.95. The topological polar surface area (TPSA) is 119 Å². The van der Waals surface area contributed by atoms with Crippen molar-refractivity contribution in [2.45, 2.75) is 19.4 Å². The van der Waals surface area contributed by atoms with Gasteiger partial charge in [0.25, 0.3) is 5.91 Å². The number of benzene rings is 1. The van der Waals surface area contributed by atoms with Crippen LogP contribution in [0.1, 0.15) is 23.7 Å². The predicted octanol–water partition coefficient (Wildman–Crippen LogP) is 0.264. The van der Waals surface area contributed by atoms with Gasteiger partial charge in [0.1, 0.15) is 17.8 Å². The Kier molecular flexibility index (Phi) is 4.66. The van der Waals surface area contributed by atoms with Gasteiger partial charge in [-0.25, -0.2) is 0 Å². The van der Waals surface area contributed by atoms with Crippen molar-refractivity contribution in [1.29, 1.82) is 0 Å². The number of hydrogen-bond donors (Lipinski definition) is 2. The van der Waals surface area contributed by atoms with E-state index >= 15 is 0 Å². The molecule has 1 aromatic heterocycles. The quantitative estimate of drug-likeness (QED) is 0.785. The van der Waals surface area contributed by atoms with Crippen molar-refractivity contribution in [2.75, 3.05) is 7.11 Å². The minimum Gasteiger partial charge on any atom is -0.494 e. The minimum atomic E-state index is -0.975. The van der Waals surface area contributed by atoms with Crippen LogP contribution < -0.4 is 10.1 Å². The third kappa shape index (κ3) is 3.57. The van der Waals surface area contributed by atoms with Gasteiger partial charge in [-0.2, -0.15) is 4.68 Å². The molecule has 2 rings (SSSR count). The van der Waals surface area contributed by atoms with Crippen LogP contribution in [0.3, 0.4) is 0 Å². The molecule has 0 saturated carbocycles. The van der Waals surface area contributed by atoms with Gasteiger partial charge in [0.05, 0.1) is 13.5 Å². The number of nitrogens with one attached hydrogen (secondary N) is 1. The molecule has 9 heteroatoms. The van der Waals surface area contributed by atoms with Crippen LogP contribution in [0, 0.1) is 0 Å². The van der Waals surface area contributed by atoms with Crippen LogP contribution in [0.4, 0.5) is 0 Å².